The summed E-state index contributed by atoms with van der Waals surface area (Å²) in [6.07, 6.45) is 5.35. The lowest BCUT2D eigenvalue weighted by molar-refractivity contribution is 1.39. The quantitative estimate of drug-likeness (QED) is 0.431. The third kappa shape index (κ3) is 2.85. The summed E-state index contributed by atoms with van der Waals surface area (Å²) in [5, 5.41) is 6.90. The molecule has 0 radical (unpaired) electrons. The van der Waals surface area contributed by atoms with Gasteiger partial charge < -0.3 is 5.41 Å². The third-order valence-corrected chi connectivity index (χ3v) is 1.26. The fraction of sp³-hybridized carbons (Fsp3) is 0.375. The summed E-state index contributed by atoms with van der Waals surface area (Å²) in [4.78, 5) is 0. The summed E-state index contributed by atoms with van der Waals surface area (Å²) in [5.41, 5.74) is 2.18. The summed E-state index contributed by atoms with van der Waals surface area (Å²) >= 11 is 0. The molecule has 0 atom stereocenters. The van der Waals surface area contributed by atoms with Crippen molar-refractivity contribution in [3.8, 4) is 0 Å². The van der Waals surface area contributed by atoms with Gasteiger partial charge in [-0.3, -0.25) is 0 Å². The molecule has 0 rings (SSSR count). The van der Waals surface area contributed by atoms with Gasteiger partial charge in [0.15, 0.2) is 0 Å². The Bertz CT molecular complexity index is 152. The summed E-state index contributed by atoms with van der Waals surface area (Å²) in [7, 11) is 0. The normalized spacial score (nSPS) is 13.7. The molecule has 0 aromatic rings. The lowest BCUT2D eigenvalue weighted by atomic mass is 10.1. The molecule has 0 amide bonds. The van der Waals surface area contributed by atoms with Gasteiger partial charge in [0.05, 0.1) is 0 Å². The fourth-order valence-corrected chi connectivity index (χ4v) is 0.495. The Kier molecular flexibility index (Phi) is 3.69. The van der Waals surface area contributed by atoms with E-state index < -0.39 is 0 Å². The first-order valence-electron chi connectivity index (χ1n) is 3.03. The Morgan fingerprint density at radius 2 is 1.78 bits per heavy atom. The zero-order chi connectivity index (χ0) is 7.28. The molecule has 9 heavy (non-hydrogen) atoms. The van der Waals surface area contributed by atoms with E-state index in [1.54, 1.807) is 0 Å². The van der Waals surface area contributed by atoms with Crippen LogP contribution in [-0.2, 0) is 0 Å². The van der Waals surface area contributed by atoms with E-state index >= 15 is 0 Å². The summed E-state index contributed by atoms with van der Waals surface area (Å²) in [6.45, 7) is 5.91. The third-order valence-electron chi connectivity index (χ3n) is 1.26. The first kappa shape index (κ1) is 8.15. The molecule has 0 aromatic carbocycles. The maximum atomic E-state index is 6.90. The molecule has 0 aliphatic heterocycles. The van der Waals surface area contributed by atoms with Crippen molar-refractivity contribution in [3.05, 3.63) is 23.3 Å². The van der Waals surface area contributed by atoms with Gasteiger partial charge in [-0.2, -0.15) is 0 Å². The van der Waals surface area contributed by atoms with Gasteiger partial charge in [0.2, 0.25) is 0 Å². The van der Waals surface area contributed by atoms with Gasteiger partial charge in [-0.15, -0.1) is 0 Å². The molecule has 1 nitrogen and oxygen atoms in total. The van der Waals surface area contributed by atoms with Gasteiger partial charge in [0, 0.05) is 6.21 Å². The highest BCUT2D eigenvalue weighted by Crippen LogP contribution is 2.00. The average Bonchev–Trinajstić information content (AvgIpc) is 1.87. The van der Waals surface area contributed by atoms with Gasteiger partial charge in [-0.05, 0) is 31.9 Å². The van der Waals surface area contributed by atoms with Crippen LogP contribution in [0.4, 0.5) is 0 Å². The van der Waals surface area contributed by atoms with E-state index in [1.165, 1.54) is 6.21 Å². The average molecular weight is 123 g/mol. The predicted octanol–water partition coefficient (Wildman–Crippen LogP) is 2.55. The predicted molar refractivity (Wildman–Crippen MR) is 42.0 cm³/mol. The van der Waals surface area contributed by atoms with E-state index in [-0.39, 0.29) is 0 Å². The summed E-state index contributed by atoms with van der Waals surface area (Å²) in [5.74, 6) is 0. The number of hydrogen-bond acceptors (Lipinski definition) is 1. The molecule has 0 aromatic heterocycles. The molecule has 0 unspecified atom stereocenters. The maximum Gasteiger partial charge on any atom is 0.0209 e. The minimum Gasteiger partial charge on any atom is -0.308 e. The van der Waals surface area contributed by atoms with E-state index in [2.05, 4.69) is 0 Å². The van der Waals surface area contributed by atoms with Crippen LogP contribution >= 0.6 is 0 Å². The second-order valence-corrected chi connectivity index (χ2v) is 2.01. The monoisotopic (exact) mass is 123 g/mol. The van der Waals surface area contributed by atoms with Crippen LogP contribution in [0.3, 0.4) is 0 Å². The smallest absolute Gasteiger partial charge is 0.0209 e. The first-order chi connectivity index (χ1) is 4.22. The lowest BCUT2D eigenvalue weighted by Gasteiger charge is -1.92. The van der Waals surface area contributed by atoms with Gasteiger partial charge in [0.25, 0.3) is 0 Å². The van der Waals surface area contributed by atoms with Crippen LogP contribution in [0.5, 0.6) is 0 Å². The van der Waals surface area contributed by atoms with Crippen molar-refractivity contribution in [2.75, 3.05) is 0 Å². The van der Waals surface area contributed by atoms with Crippen molar-refractivity contribution < 1.29 is 0 Å². The van der Waals surface area contributed by atoms with Crippen LogP contribution in [0.25, 0.3) is 0 Å². The molecule has 0 saturated heterocycles. The molecule has 0 spiro atoms. The molecule has 0 aliphatic rings. The SMILES string of the molecule is C/C=C\C(C)=C(\C)C=N. The van der Waals surface area contributed by atoms with Crippen LogP contribution in [0.15, 0.2) is 23.3 Å². The molecule has 0 bridgehead atoms. The van der Waals surface area contributed by atoms with E-state index in [9.17, 15) is 0 Å². The van der Waals surface area contributed by atoms with E-state index in [4.69, 9.17) is 5.41 Å². The lowest BCUT2D eigenvalue weighted by Crippen LogP contribution is -1.79. The second-order valence-electron chi connectivity index (χ2n) is 2.01. The van der Waals surface area contributed by atoms with Gasteiger partial charge >= 0.3 is 0 Å². The topological polar surface area (TPSA) is 23.9 Å². The van der Waals surface area contributed by atoms with Crippen molar-refractivity contribution in [3.63, 3.8) is 0 Å². The molecule has 1 N–H and O–H groups in total. The van der Waals surface area contributed by atoms with Crippen molar-refractivity contribution in [1.29, 1.82) is 5.41 Å². The van der Waals surface area contributed by atoms with Crippen molar-refractivity contribution in [1.82, 2.24) is 0 Å². The first-order valence-corrected chi connectivity index (χ1v) is 3.03. The van der Waals surface area contributed by atoms with E-state index in [1.807, 2.05) is 32.9 Å². The highest BCUT2D eigenvalue weighted by Gasteiger charge is 1.84. The van der Waals surface area contributed by atoms with Crippen LogP contribution in [0.2, 0.25) is 0 Å². The highest BCUT2D eigenvalue weighted by molar-refractivity contribution is 5.76. The standard InChI is InChI=1S/C8H13N/c1-4-5-7(2)8(3)6-9/h4-6,9H,1-3H3/b5-4-,8-7-,9-6?. The van der Waals surface area contributed by atoms with E-state index in [0.717, 1.165) is 11.1 Å². The number of nitrogens with one attached hydrogen (secondary N) is 1. The van der Waals surface area contributed by atoms with Crippen LogP contribution in [0.1, 0.15) is 20.8 Å². The fourth-order valence-electron chi connectivity index (χ4n) is 0.495. The second kappa shape index (κ2) is 4.07. The van der Waals surface area contributed by atoms with Crippen molar-refractivity contribution in [2.45, 2.75) is 20.8 Å². The van der Waals surface area contributed by atoms with Crippen LogP contribution < -0.4 is 0 Å². The number of hydrogen-bond donors (Lipinski definition) is 1. The molecule has 50 valence electrons. The van der Waals surface area contributed by atoms with Gasteiger partial charge in [0.1, 0.15) is 0 Å². The molecule has 0 heterocycles. The molecule has 0 fully saturated rings. The Morgan fingerprint density at radius 3 is 2.11 bits per heavy atom. The molecule has 1 heteroatoms. The zero-order valence-electron chi connectivity index (χ0n) is 6.23. The Hall–Kier alpha value is -0.850. The van der Waals surface area contributed by atoms with Crippen molar-refractivity contribution in [2.24, 2.45) is 0 Å². The zero-order valence-corrected chi connectivity index (χ0v) is 6.23. The van der Waals surface area contributed by atoms with Gasteiger partial charge in [-0.25, -0.2) is 0 Å². The largest absolute Gasteiger partial charge is 0.308 e. The molecule has 0 saturated carbocycles. The highest BCUT2D eigenvalue weighted by atomic mass is 14.3. The number of rotatable bonds is 2. The minimum absolute atomic E-state index is 1.02. The van der Waals surface area contributed by atoms with Crippen molar-refractivity contribution >= 4 is 6.21 Å². The Balaban J connectivity index is 4.27. The van der Waals surface area contributed by atoms with Gasteiger partial charge in [-0.1, -0.05) is 12.2 Å². The molecule has 0 aliphatic carbocycles. The summed E-state index contributed by atoms with van der Waals surface area (Å²) < 4.78 is 0. The van der Waals surface area contributed by atoms with Crippen LogP contribution in [0, 0.1) is 5.41 Å². The number of allylic oxidation sites excluding steroid dienone is 4. The summed E-state index contributed by atoms with van der Waals surface area (Å²) in [6, 6.07) is 0. The Morgan fingerprint density at radius 1 is 1.22 bits per heavy atom. The molecular weight excluding hydrogens is 110 g/mol. The molecular formula is C8H13N. The van der Waals surface area contributed by atoms with Crippen LogP contribution in [-0.4, -0.2) is 6.21 Å². The minimum atomic E-state index is 1.02. The Labute approximate surface area is 56.6 Å². The van der Waals surface area contributed by atoms with E-state index in [0.29, 0.717) is 0 Å². The maximum absolute atomic E-state index is 6.90.